The van der Waals surface area contributed by atoms with Crippen LogP contribution in [0.25, 0.3) is 11.3 Å². The zero-order chi connectivity index (χ0) is 19.4. The van der Waals surface area contributed by atoms with Crippen LogP contribution in [-0.4, -0.2) is 19.0 Å². The predicted octanol–water partition coefficient (Wildman–Crippen LogP) is 5.09. The van der Waals surface area contributed by atoms with Gasteiger partial charge >= 0.3 is 5.97 Å². The summed E-state index contributed by atoms with van der Waals surface area (Å²) in [6, 6.07) is 15.4. The monoisotopic (exact) mass is 489 g/mol. The highest BCUT2D eigenvalue weighted by Crippen LogP contribution is 2.31. The zero-order valence-electron chi connectivity index (χ0n) is 14.6. The second-order valence-electron chi connectivity index (χ2n) is 5.99. The van der Waals surface area contributed by atoms with Gasteiger partial charge in [0.1, 0.15) is 0 Å². The molecule has 0 aromatic heterocycles. The van der Waals surface area contributed by atoms with Gasteiger partial charge in [-0.25, -0.2) is 0 Å². The second kappa shape index (κ2) is 8.67. The Hall–Kier alpha value is -2.18. The summed E-state index contributed by atoms with van der Waals surface area (Å²) in [4.78, 5) is 24.3. The fraction of sp³-hybridized carbons (Fsp3) is 0.143. The van der Waals surface area contributed by atoms with Crippen molar-refractivity contribution in [3.05, 3.63) is 80.3 Å². The molecule has 6 heteroatoms. The molecule has 0 fully saturated rings. The summed E-state index contributed by atoms with van der Waals surface area (Å²) in [5.74, 6) is -0.476. The van der Waals surface area contributed by atoms with Gasteiger partial charge in [-0.05, 0) is 53.5 Å². The molecule has 3 rings (SSSR count). The Bertz CT molecular complexity index is 929. The summed E-state index contributed by atoms with van der Waals surface area (Å²) in [5.41, 5.74) is 3.96. The normalized spacial score (nSPS) is 15.2. The summed E-state index contributed by atoms with van der Waals surface area (Å²) in [7, 11) is 1.36. The molecule has 0 bridgehead atoms. The third-order valence-corrected chi connectivity index (χ3v) is 5.32. The van der Waals surface area contributed by atoms with Crippen LogP contribution in [0.15, 0.2) is 69.1 Å². The van der Waals surface area contributed by atoms with Gasteiger partial charge in [-0.2, -0.15) is 0 Å². The maximum absolute atomic E-state index is 12.7. The lowest BCUT2D eigenvalue weighted by molar-refractivity contribution is -0.140. The average Bonchev–Trinajstić information content (AvgIpc) is 3.05. The molecular weight excluding hydrogens is 474 g/mol. The lowest BCUT2D eigenvalue weighted by Gasteiger charge is -2.10. The van der Waals surface area contributed by atoms with Crippen molar-refractivity contribution in [3.63, 3.8) is 0 Å². The van der Waals surface area contributed by atoms with Gasteiger partial charge in [-0.15, -0.1) is 0 Å². The Morgan fingerprint density at radius 1 is 0.963 bits per heavy atom. The van der Waals surface area contributed by atoms with Crippen molar-refractivity contribution < 1.29 is 14.3 Å². The number of ether oxygens (including phenoxy) is 1. The first-order valence-electron chi connectivity index (χ1n) is 8.33. The van der Waals surface area contributed by atoms with E-state index in [1.807, 2.05) is 54.6 Å². The van der Waals surface area contributed by atoms with Crippen LogP contribution in [0.2, 0.25) is 0 Å². The van der Waals surface area contributed by atoms with Crippen molar-refractivity contribution in [3.8, 4) is 0 Å². The molecular formula is C21H17Br2NO3. The molecule has 1 aliphatic heterocycles. The zero-order valence-corrected chi connectivity index (χ0v) is 17.8. The number of halogens is 2. The average molecular weight is 491 g/mol. The Balaban J connectivity index is 2.02. The number of nitrogens with one attached hydrogen (secondary N) is 1. The number of hydrogen-bond acceptors (Lipinski definition) is 3. The van der Waals surface area contributed by atoms with E-state index in [2.05, 4.69) is 37.2 Å². The van der Waals surface area contributed by atoms with Gasteiger partial charge in [0.25, 0.3) is 5.91 Å². The van der Waals surface area contributed by atoms with Crippen LogP contribution >= 0.6 is 31.9 Å². The summed E-state index contributed by atoms with van der Waals surface area (Å²) in [5, 5.41) is 2.93. The minimum absolute atomic E-state index is 0.171. The maximum Gasteiger partial charge on any atom is 0.305 e. The summed E-state index contributed by atoms with van der Waals surface area (Å²) in [6.07, 6.45) is 2.47. The van der Waals surface area contributed by atoms with Gasteiger partial charge in [0.15, 0.2) is 0 Å². The van der Waals surface area contributed by atoms with Crippen molar-refractivity contribution in [1.29, 1.82) is 0 Å². The summed E-state index contributed by atoms with van der Waals surface area (Å²) in [6.45, 7) is 0. The Labute approximate surface area is 174 Å². The quantitative estimate of drug-likeness (QED) is 0.469. The third-order valence-electron chi connectivity index (χ3n) is 4.26. The molecule has 0 radical (unpaired) electrons. The van der Waals surface area contributed by atoms with Gasteiger partial charge in [0.05, 0.1) is 7.11 Å². The summed E-state index contributed by atoms with van der Waals surface area (Å²) >= 11 is 6.84. The molecule has 0 aliphatic carbocycles. The molecule has 1 N–H and O–H groups in total. The van der Waals surface area contributed by atoms with Crippen molar-refractivity contribution >= 4 is 55.0 Å². The first-order valence-corrected chi connectivity index (χ1v) is 9.91. The van der Waals surface area contributed by atoms with E-state index in [0.29, 0.717) is 12.0 Å². The van der Waals surface area contributed by atoms with Gasteiger partial charge in [0, 0.05) is 26.6 Å². The van der Waals surface area contributed by atoms with Crippen molar-refractivity contribution in [2.75, 3.05) is 7.11 Å². The van der Waals surface area contributed by atoms with Gasteiger partial charge in [-0.3, -0.25) is 9.59 Å². The highest BCUT2D eigenvalue weighted by atomic mass is 79.9. The minimum Gasteiger partial charge on any atom is -0.469 e. The van der Waals surface area contributed by atoms with E-state index in [1.165, 1.54) is 7.11 Å². The Morgan fingerprint density at radius 2 is 1.56 bits per heavy atom. The van der Waals surface area contributed by atoms with E-state index in [4.69, 9.17) is 4.74 Å². The molecule has 0 spiro atoms. The molecule has 1 aliphatic rings. The molecule has 138 valence electrons. The van der Waals surface area contributed by atoms with Crippen LogP contribution in [0.4, 0.5) is 0 Å². The Kier molecular flexibility index (Phi) is 6.29. The topological polar surface area (TPSA) is 55.4 Å². The molecule has 2 aromatic rings. The van der Waals surface area contributed by atoms with Crippen molar-refractivity contribution in [2.24, 2.45) is 0 Å². The minimum atomic E-state index is -0.305. The van der Waals surface area contributed by atoms with Crippen LogP contribution in [0.1, 0.15) is 24.0 Å². The molecule has 4 nitrogen and oxygen atoms in total. The van der Waals surface area contributed by atoms with E-state index in [1.54, 1.807) is 0 Å². The van der Waals surface area contributed by atoms with Gasteiger partial charge in [0.2, 0.25) is 0 Å². The van der Waals surface area contributed by atoms with E-state index < -0.39 is 0 Å². The number of hydrogen-bond donors (Lipinski definition) is 1. The highest BCUT2D eigenvalue weighted by molar-refractivity contribution is 9.10. The smallest absolute Gasteiger partial charge is 0.305 e. The van der Waals surface area contributed by atoms with Crippen molar-refractivity contribution in [2.45, 2.75) is 12.8 Å². The van der Waals surface area contributed by atoms with E-state index in [0.717, 1.165) is 31.3 Å². The molecule has 0 saturated heterocycles. The van der Waals surface area contributed by atoms with Crippen LogP contribution < -0.4 is 5.32 Å². The molecule has 0 atom stereocenters. The first-order chi connectivity index (χ1) is 13.0. The number of benzene rings is 2. The number of rotatable bonds is 5. The Morgan fingerprint density at radius 3 is 2.15 bits per heavy atom. The predicted molar refractivity (Wildman–Crippen MR) is 113 cm³/mol. The van der Waals surface area contributed by atoms with E-state index >= 15 is 0 Å². The third kappa shape index (κ3) is 4.76. The van der Waals surface area contributed by atoms with Crippen LogP contribution in [-0.2, 0) is 14.3 Å². The lowest BCUT2D eigenvalue weighted by atomic mass is 9.95. The van der Waals surface area contributed by atoms with Crippen molar-refractivity contribution in [1.82, 2.24) is 5.32 Å². The van der Waals surface area contributed by atoms with Crippen LogP contribution in [0, 0.1) is 0 Å². The molecule has 0 unspecified atom stereocenters. The molecule has 1 amide bonds. The van der Waals surface area contributed by atoms with Crippen LogP contribution in [0.5, 0.6) is 0 Å². The fourth-order valence-electron chi connectivity index (χ4n) is 2.86. The van der Waals surface area contributed by atoms with E-state index in [-0.39, 0.29) is 18.3 Å². The number of carbonyl (C=O) groups is 2. The molecule has 2 aromatic carbocycles. The largest absolute Gasteiger partial charge is 0.469 e. The SMILES string of the molecule is COC(=O)CC/C(=C1\C=C(c2ccc(Br)cc2)NC1=O)c1ccc(Br)cc1. The summed E-state index contributed by atoms with van der Waals surface area (Å²) < 4.78 is 6.68. The number of methoxy groups -OCH3 is 1. The van der Waals surface area contributed by atoms with E-state index in [9.17, 15) is 9.59 Å². The fourth-order valence-corrected chi connectivity index (χ4v) is 3.39. The number of amides is 1. The molecule has 0 saturated carbocycles. The van der Waals surface area contributed by atoms with Crippen LogP contribution in [0.3, 0.4) is 0 Å². The van der Waals surface area contributed by atoms with Gasteiger partial charge in [-0.1, -0.05) is 56.1 Å². The number of esters is 1. The number of allylic oxidation sites excluding steroid dienone is 1. The highest BCUT2D eigenvalue weighted by Gasteiger charge is 2.23. The molecule has 1 heterocycles. The molecule has 27 heavy (non-hydrogen) atoms. The second-order valence-corrected chi connectivity index (χ2v) is 7.83. The van der Waals surface area contributed by atoms with Gasteiger partial charge < -0.3 is 10.1 Å². The maximum atomic E-state index is 12.7. The standard InChI is InChI=1S/C21H17Br2NO3/c1-27-20(25)11-10-17(13-2-6-15(22)7-3-13)18-12-19(24-21(18)26)14-4-8-16(23)9-5-14/h2-9,12H,10-11H2,1H3,(H,24,26)/b18-17-. The lowest BCUT2D eigenvalue weighted by Crippen LogP contribution is -2.17. The first kappa shape index (κ1) is 19.6. The number of carbonyl (C=O) groups excluding carboxylic acids is 2.